The highest BCUT2D eigenvalue weighted by Crippen LogP contribution is 2.29. The summed E-state index contributed by atoms with van der Waals surface area (Å²) in [4.78, 5) is 12.6. The Bertz CT molecular complexity index is 694. The first-order valence-corrected chi connectivity index (χ1v) is 7.75. The first-order chi connectivity index (χ1) is 10.3. The molecule has 2 rings (SSSR count). The lowest BCUT2D eigenvalue weighted by Gasteiger charge is -2.09. The van der Waals surface area contributed by atoms with Gasteiger partial charge in [-0.05, 0) is 48.5 Å². The van der Waals surface area contributed by atoms with Crippen LogP contribution >= 0.6 is 0 Å². The largest absolute Gasteiger partial charge is 0.416 e. The van der Waals surface area contributed by atoms with Crippen LogP contribution in [-0.2, 0) is 17.0 Å². The summed E-state index contributed by atoms with van der Waals surface area (Å²) in [6.45, 7) is 0. The zero-order chi connectivity index (χ0) is 16.3. The summed E-state index contributed by atoms with van der Waals surface area (Å²) in [7, 11) is -1.14. The van der Waals surface area contributed by atoms with E-state index in [4.69, 9.17) is 0 Å². The van der Waals surface area contributed by atoms with Crippen molar-refractivity contribution in [3.63, 3.8) is 0 Å². The van der Waals surface area contributed by atoms with E-state index in [1.807, 2.05) is 0 Å². The van der Waals surface area contributed by atoms with Crippen LogP contribution in [0, 0.1) is 0 Å². The summed E-state index contributed by atoms with van der Waals surface area (Å²) in [6, 6.07) is 10.3. The zero-order valence-corrected chi connectivity index (χ0v) is 12.3. The number of hydrogen-bond acceptors (Lipinski definition) is 2. The molecule has 1 amide bonds. The van der Waals surface area contributed by atoms with Gasteiger partial charge in [0.05, 0.1) is 5.56 Å². The number of rotatable bonds is 3. The third kappa shape index (κ3) is 3.94. The van der Waals surface area contributed by atoms with Crippen LogP contribution in [0.1, 0.15) is 15.9 Å². The number of carbonyl (C=O) groups is 1. The Morgan fingerprint density at radius 3 is 2.00 bits per heavy atom. The van der Waals surface area contributed by atoms with Gasteiger partial charge in [-0.25, -0.2) is 0 Å². The van der Waals surface area contributed by atoms with E-state index < -0.39 is 28.4 Å². The number of carbonyl (C=O) groups excluding carboxylic acids is 1. The lowest BCUT2D eigenvalue weighted by atomic mass is 10.2. The van der Waals surface area contributed by atoms with Crippen LogP contribution in [0.5, 0.6) is 0 Å². The first-order valence-electron chi connectivity index (χ1n) is 6.19. The van der Waals surface area contributed by atoms with Gasteiger partial charge in [0, 0.05) is 33.2 Å². The van der Waals surface area contributed by atoms with E-state index in [1.165, 1.54) is 30.5 Å². The average molecular weight is 327 g/mol. The predicted octanol–water partition coefficient (Wildman–Crippen LogP) is 3.70. The van der Waals surface area contributed by atoms with Crippen molar-refractivity contribution < 1.29 is 22.2 Å². The molecule has 0 heterocycles. The van der Waals surface area contributed by atoms with Gasteiger partial charge < -0.3 is 5.32 Å². The fraction of sp³-hybridized carbons (Fsp3) is 0.133. The second-order valence-electron chi connectivity index (χ2n) is 4.51. The summed E-state index contributed by atoms with van der Waals surface area (Å²) in [6.07, 6.45) is -2.88. The summed E-state index contributed by atoms with van der Waals surface area (Å²) in [5.41, 5.74) is -0.185. The van der Waals surface area contributed by atoms with Gasteiger partial charge in [0.25, 0.3) is 5.91 Å². The SMILES string of the molecule is CS(=O)c1ccc(C(=O)Nc2ccc(C(F)(F)F)cc2)cc1. The number of benzene rings is 2. The maximum absolute atomic E-state index is 12.4. The minimum atomic E-state index is -4.41. The molecular weight excluding hydrogens is 315 g/mol. The van der Waals surface area contributed by atoms with Crippen molar-refractivity contribution in [1.29, 1.82) is 0 Å². The number of anilines is 1. The molecule has 0 aliphatic heterocycles. The number of halogens is 3. The van der Waals surface area contributed by atoms with Gasteiger partial charge in [-0.3, -0.25) is 9.00 Å². The molecule has 2 aromatic carbocycles. The van der Waals surface area contributed by atoms with E-state index in [9.17, 15) is 22.2 Å². The molecule has 1 atom stereocenters. The molecule has 0 saturated carbocycles. The van der Waals surface area contributed by atoms with Crippen molar-refractivity contribution in [3.05, 3.63) is 59.7 Å². The highest BCUT2D eigenvalue weighted by atomic mass is 32.2. The molecule has 0 saturated heterocycles. The van der Waals surface area contributed by atoms with Gasteiger partial charge in [0.1, 0.15) is 0 Å². The van der Waals surface area contributed by atoms with E-state index in [2.05, 4.69) is 5.32 Å². The fourth-order valence-corrected chi connectivity index (χ4v) is 2.26. The van der Waals surface area contributed by atoms with Gasteiger partial charge in [-0.2, -0.15) is 13.2 Å². The van der Waals surface area contributed by atoms with Crippen molar-refractivity contribution in [2.24, 2.45) is 0 Å². The number of amides is 1. The van der Waals surface area contributed by atoms with Gasteiger partial charge in [-0.1, -0.05) is 0 Å². The smallest absolute Gasteiger partial charge is 0.322 e. The maximum atomic E-state index is 12.4. The van der Waals surface area contributed by atoms with E-state index in [0.717, 1.165) is 12.1 Å². The second-order valence-corrected chi connectivity index (χ2v) is 5.89. The van der Waals surface area contributed by atoms with E-state index in [1.54, 1.807) is 12.1 Å². The van der Waals surface area contributed by atoms with Gasteiger partial charge >= 0.3 is 6.18 Å². The number of alkyl halides is 3. The molecule has 0 bridgehead atoms. The molecule has 0 fully saturated rings. The Balaban J connectivity index is 2.10. The highest BCUT2D eigenvalue weighted by molar-refractivity contribution is 7.84. The number of hydrogen-bond donors (Lipinski definition) is 1. The summed E-state index contributed by atoms with van der Waals surface area (Å²) < 4.78 is 48.6. The van der Waals surface area contributed by atoms with Crippen molar-refractivity contribution >= 4 is 22.4 Å². The van der Waals surface area contributed by atoms with E-state index in [0.29, 0.717) is 10.5 Å². The average Bonchev–Trinajstić information content (AvgIpc) is 2.47. The minimum Gasteiger partial charge on any atom is -0.322 e. The Labute approximate surface area is 127 Å². The third-order valence-corrected chi connectivity index (χ3v) is 3.85. The van der Waals surface area contributed by atoms with Crippen LogP contribution in [0.3, 0.4) is 0 Å². The molecule has 2 aromatic rings. The van der Waals surface area contributed by atoms with E-state index in [-0.39, 0.29) is 5.69 Å². The van der Waals surface area contributed by atoms with Gasteiger partial charge in [0.2, 0.25) is 0 Å². The second kappa shape index (κ2) is 6.31. The summed E-state index contributed by atoms with van der Waals surface area (Å²) >= 11 is 0. The lowest BCUT2D eigenvalue weighted by molar-refractivity contribution is -0.137. The summed E-state index contributed by atoms with van der Waals surface area (Å²) in [5.74, 6) is -0.451. The molecule has 1 N–H and O–H groups in total. The lowest BCUT2D eigenvalue weighted by Crippen LogP contribution is -2.12. The molecule has 3 nitrogen and oxygen atoms in total. The zero-order valence-electron chi connectivity index (χ0n) is 11.5. The molecule has 1 unspecified atom stereocenters. The van der Waals surface area contributed by atoms with Crippen LogP contribution in [0.2, 0.25) is 0 Å². The summed E-state index contributed by atoms with van der Waals surface area (Å²) in [5, 5.41) is 2.50. The van der Waals surface area contributed by atoms with Crippen LogP contribution in [0.4, 0.5) is 18.9 Å². The molecule has 0 aliphatic carbocycles. The molecule has 22 heavy (non-hydrogen) atoms. The molecule has 0 aromatic heterocycles. The Kier molecular flexibility index (Phi) is 4.65. The quantitative estimate of drug-likeness (QED) is 0.934. The topological polar surface area (TPSA) is 46.2 Å². The molecule has 0 aliphatic rings. The first kappa shape index (κ1) is 16.2. The van der Waals surface area contributed by atoms with Crippen molar-refractivity contribution in [1.82, 2.24) is 0 Å². The van der Waals surface area contributed by atoms with Gasteiger partial charge in [-0.15, -0.1) is 0 Å². The monoisotopic (exact) mass is 327 g/mol. The van der Waals surface area contributed by atoms with Crippen LogP contribution in [0.15, 0.2) is 53.4 Å². The molecule has 7 heteroatoms. The molecule has 0 spiro atoms. The number of nitrogens with one attached hydrogen (secondary N) is 1. The molecule has 0 radical (unpaired) electrons. The Hall–Kier alpha value is -2.15. The Morgan fingerprint density at radius 2 is 1.55 bits per heavy atom. The third-order valence-electron chi connectivity index (χ3n) is 2.92. The Morgan fingerprint density at radius 1 is 1.00 bits per heavy atom. The van der Waals surface area contributed by atoms with Gasteiger partial charge in [0.15, 0.2) is 0 Å². The molecular formula is C15H12F3NO2S. The fourth-order valence-electron chi connectivity index (χ4n) is 1.74. The van der Waals surface area contributed by atoms with Crippen LogP contribution in [-0.4, -0.2) is 16.4 Å². The highest BCUT2D eigenvalue weighted by Gasteiger charge is 2.29. The normalized spacial score (nSPS) is 12.7. The van der Waals surface area contributed by atoms with Crippen LogP contribution < -0.4 is 5.32 Å². The van der Waals surface area contributed by atoms with Crippen molar-refractivity contribution in [3.8, 4) is 0 Å². The minimum absolute atomic E-state index is 0.265. The maximum Gasteiger partial charge on any atom is 0.416 e. The standard InChI is InChI=1S/C15H12F3NO2S/c1-22(21)13-8-2-10(3-9-13)14(20)19-12-6-4-11(5-7-12)15(16,17)18/h2-9H,1H3,(H,19,20). The van der Waals surface area contributed by atoms with Crippen molar-refractivity contribution in [2.45, 2.75) is 11.1 Å². The predicted molar refractivity (Wildman–Crippen MR) is 78.2 cm³/mol. The van der Waals surface area contributed by atoms with Crippen molar-refractivity contribution in [2.75, 3.05) is 11.6 Å². The molecule has 116 valence electrons. The van der Waals surface area contributed by atoms with E-state index >= 15 is 0 Å². The van der Waals surface area contributed by atoms with Crippen LogP contribution in [0.25, 0.3) is 0 Å².